The number of nitrogens with zero attached hydrogens (tertiary/aromatic N) is 1. The van der Waals surface area contributed by atoms with Gasteiger partial charge in [-0.3, -0.25) is 4.90 Å². The van der Waals surface area contributed by atoms with Crippen molar-refractivity contribution in [3.63, 3.8) is 0 Å². The maximum atomic E-state index is 5.16. The summed E-state index contributed by atoms with van der Waals surface area (Å²) >= 11 is 0. The lowest BCUT2D eigenvalue weighted by Crippen LogP contribution is -2.32. The quantitative estimate of drug-likeness (QED) is 0.710. The molecule has 0 aromatic heterocycles. The Bertz CT molecular complexity index is 327. The first kappa shape index (κ1) is 10.5. The highest BCUT2D eigenvalue weighted by molar-refractivity contribution is 5.36. The standard InChI is InChI=1S/C12H17NO2/c1-3-8-13(2)11-9-14-15-12-7-5-4-6-10(11)12/h4-7,11H,3,8-9H2,1-2H3. The van der Waals surface area contributed by atoms with Gasteiger partial charge < -0.3 is 4.89 Å². The van der Waals surface area contributed by atoms with Crippen LogP contribution in [-0.2, 0) is 4.89 Å². The molecule has 0 spiro atoms. The van der Waals surface area contributed by atoms with Gasteiger partial charge in [0, 0.05) is 5.56 Å². The normalized spacial score (nSPS) is 19.8. The predicted octanol–water partition coefficient (Wildman–Crippen LogP) is 2.39. The molecule has 1 unspecified atom stereocenters. The van der Waals surface area contributed by atoms with Crippen molar-refractivity contribution in [3.8, 4) is 5.75 Å². The van der Waals surface area contributed by atoms with Crippen molar-refractivity contribution in [2.24, 2.45) is 0 Å². The Labute approximate surface area is 90.5 Å². The first-order valence-electron chi connectivity index (χ1n) is 5.41. The van der Waals surface area contributed by atoms with Crippen molar-refractivity contribution in [2.45, 2.75) is 19.4 Å². The van der Waals surface area contributed by atoms with Crippen molar-refractivity contribution in [2.75, 3.05) is 20.2 Å². The molecule has 3 heteroatoms. The van der Waals surface area contributed by atoms with Crippen LogP contribution in [0.2, 0.25) is 0 Å². The van der Waals surface area contributed by atoms with Gasteiger partial charge in [-0.15, -0.1) is 0 Å². The Morgan fingerprint density at radius 2 is 2.20 bits per heavy atom. The van der Waals surface area contributed by atoms with Gasteiger partial charge in [-0.25, -0.2) is 0 Å². The number of likely N-dealkylation sites (N-methyl/N-ethyl adjacent to an activating group) is 1. The summed E-state index contributed by atoms with van der Waals surface area (Å²) < 4.78 is 0. The minimum absolute atomic E-state index is 0.315. The van der Waals surface area contributed by atoms with Crippen LogP contribution in [0.4, 0.5) is 0 Å². The molecule has 0 radical (unpaired) electrons. The summed E-state index contributed by atoms with van der Waals surface area (Å²) in [6.45, 7) is 3.86. The molecule has 0 amide bonds. The second-order valence-corrected chi connectivity index (χ2v) is 3.90. The molecule has 2 rings (SSSR count). The largest absolute Gasteiger partial charge is 0.337 e. The van der Waals surface area contributed by atoms with Gasteiger partial charge in [0.15, 0.2) is 5.75 Å². The summed E-state index contributed by atoms with van der Waals surface area (Å²) in [6.07, 6.45) is 1.15. The van der Waals surface area contributed by atoms with Crippen LogP contribution >= 0.6 is 0 Å². The van der Waals surface area contributed by atoms with Crippen LogP contribution in [-0.4, -0.2) is 25.1 Å². The second-order valence-electron chi connectivity index (χ2n) is 3.90. The lowest BCUT2D eigenvalue weighted by Gasteiger charge is -2.31. The summed E-state index contributed by atoms with van der Waals surface area (Å²) in [5.74, 6) is 0.844. The topological polar surface area (TPSA) is 21.7 Å². The van der Waals surface area contributed by atoms with E-state index in [0.717, 1.165) is 18.7 Å². The molecular formula is C12H17NO2. The van der Waals surface area contributed by atoms with Gasteiger partial charge in [-0.2, -0.15) is 4.89 Å². The molecule has 3 nitrogen and oxygen atoms in total. The lowest BCUT2D eigenvalue weighted by molar-refractivity contribution is -0.230. The fourth-order valence-corrected chi connectivity index (χ4v) is 1.96. The van der Waals surface area contributed by atoms with Gasteiger partial charge in [0.25, 0.3) is 0 Å². The number of hydrogen-bond donors (Lipinski definition) is 0. The zero-order valence-corrected chi connectivity index (χ0v) is 9.27. The average molecular weight is 207 g/mol. The zero-order chi connectivity index (χ0) is 10.7. The highest BCUT2D eigenvalue weighted by Gasteiger charge is 2.25. The smallest absolute Gasteiger partial charge is 0.170 e. The first-order chi connectivity index (χ1) is 7.33. The molecule has 0 aliphatic carbocycles. The molecule has 1 heterocycles. The number of para-hydroxylation sites is 1. The van der Waals surface area contributed by atoms with Crippen LogP contribution in [0, 0.1) is 0 Å². The van der Waals surface area contributed by atoms with E-state index in [1.165, 1.54) is 5.56 Å². The molecule has 0 saturated heterocycles. The molecule has 1 aliphatic heterocycles. The highest BCUT2D eigenvalue weighted by atomic mass is 17.2. The number of hydrogen-bond acceptors (Lipinski definition) is 3. The third-order valence-corrected chi connectivity index (χ3v) is 2.76. The minimum atomic E-state index is 0.315. The maximum absolute atomic E-state index is 5.16. The molecule has 0 N–H and O–H groups in total. The van der Waals surface area contributed by atoms with Crippen LogP contribution in [0.5, 0.6) is 5.75 Å². The third kappa shape index (κ3) is 2.13. The first-order valence-corrected chi connectivity index (χ1v) is 5.41. The molecule has 1 aromatic rings. The lowest BCUT2D eigenvalue weighted by atomic mass is 10.0. The van der Waals surface area contributed by atoms with Crippen LogP contribution in [0.3, 0.4) is 0 Å². The molecule has 0 fully saturated rings. The Balaban J connectivity index is 2.21. The number of benzene rings is 1. The molecule has 82 valence electrons. The van der Waals surface area contributed by atoms with Crippen LogP contribution in [0.15, 0.2) is 24.3 Å². The summed E-state index contributed by atoms with van der Waals surface area (Å²) in [5.41, 5.74) is 1.22. The monoisotopic (exact) mass is 207 g/mol. The van der Waals surface area contributed by atoms with E-state index < -0.39 is 0 Å². The Kier molecular flexibility index (Phi) is 3.23. The number of rotatable bonds is 3. The summed E-state index contributed by atoms with van der Waals surface area (Å²) in [4.78, 5) is 12.6. The van der Waals surface area contributed by atoms with E-state index in [9.17, 15) is 0 Å². The van der Waals surface area contributed by atoms with Gasteiger partial charge in [0.1, 0.15) is 6.61 Å². The molecule has 0 saturated carbocycles. The fraction of sp³-hybridized carbons (Fsp3) is 0.500. The molecule has 1 atom stereocenters. The van der Waals surface area contributed by atoms with E-state index in [1.807, 2.05) is 18.2 Å². The third-order valence-electron chi connectivity index (χ3n) is 2.76. The second kappa shape index (κ2) is 4.64. The van der Waals surface area contributed by atoms with Crippen molar-refractivity contribution >= 4 is 0 Å². The summed E-state index contributed by atoms with van der Waals surface area (Å²) in [5, 5.41) is 0. The summed E-state index contributed by atoms with van der Waals surface area (Å²) in [7, 11) is 2.12. The predicted molar refractivity (Wildman–Crippen MR) is 58.7 cm³/mol. The van der Waals surface area contributed by atoms with E-state index in [-0.39, 0.29) is 0 Å². The van der Waals surface area contributed by atoms with Crippen molar-refractivity contribution in [1.29, 1.82) is 0 Å². The maximum Gasteiger partial charge on any atom is 0.170 e. The van der Waals surface area contributed by atoms with Gasteiger partial charge in [0.05, 0.1) is 6.04 Å². The molecular weight excluding hydrogens is 190 g/mol. The van der Waals surface area contributed by atoms with Crippen molar-refractivity contribution in [1.82, 2.24) is 4.90 Å². The SMILES string of the molecule is CCCN(C)C1COOc2ccccc21. The van der Waals surface area contributed by atoms with E-state index >= 15 is 0 Å². The van der Waals surface area contributed by atoms with Gasteiger partial charge in [-0.1, -0.05) is 25.1 Å². The molecule has 0 bridgehead atoms. The Morgan fingerprint density at radius 1 is 1.40 bits per heavy atom. The van der Waals surface area contributed by atoms with Gasteiger partial charge in [0.2, 0.25) is 0 Å². The van der Waals surface area contributed by atoms with Gasteiger partial charge >= 0.3 is 0 Å². The zero-order valence-electron chi connectivity index (χ0n) is 9.27. The number of fused-ring (bicyclic) bond motifs is 1. The summed E-state index contributed by atoms with van der Waals surface area (Å²) in [6, 6.07) is 8.37. The fourth-order valence-electron chi connectivity index (χ4n) is 1.96. The highest BCUT2D eigenvalue weighted by Crippen LogP contribution is 2.32. The van der Waals surface area contributed by atoms with E-state index in [0.29, 0.717) is 12.6 Å². The van der Waals surface area contributed by atoms with Crippen LogP contribution in [0.1, 0.15) is 24.9 Å². The van der Waals surface area contributed by atoms with Crippen LogP contribution < -0.4 is 4.89 Å². The van der Waals surface area contributed by atoms with Crippen molar-refractivity contribution in [3.05, 3.63) is 29.8 Å². The Hall–Kier alpha value is -1.06. The van der Waals surface area contributed by atoms with Crippen LogP contribution in [0.25, 0.3) is 0 Å². The van der Waals surface area contributed by atoms with E-state index in [2.05, 4.69) is 24.9 Å². The molecule has 1 aromatic carbocycles. The van der Waals surface area contributed by atoms with Gasteiger partial charge in [-0.05, 0) is 26.1 Å². The molecule has 15 heavy (non-hydrogen) atoms. The Morgan fingerprint density at radius 3 is 3.00 bits per heavy atom. The molecule has 1 aliphatic rings. The van der Waals surface area contributed by atoms with E-state index in [4.69, 9.17) is 9.78 Å². The van der Waals surface area contributed by atoms with Crippen molar-refractivity contribution < 1.29 is 9.78 Å². The van der Waals surface area contributed by atoms with E-state index in [1.54, 1.807) is 0 Å². The average Bonchev–Trinajstić information content (AvgIpc) is 2.28. The minimum Gasteiger partial charge on any atom is -0.337 e.